The average Bonchev–Trinajstić information content (AvgIpc) is 3.03. The molecule has 7 nitrogen and oxygen atoms in total. The van der Waals surface area contributed by atoms with Crippen LogP contribution in [0.25, 0.3) is 16.6 Å². The monoisotopic (exact) mass is 367 g/mol. The van der Waals surface area contributed by atoms with Crippen molar-refractivity contribution in [2.24, 2.45) is 0 Å². The van der Waals surface area contributed by atoms with E-state index in [2.05, 4.69) is 22.4 Å². The number of carbonyl (C=O) groups excluding carboxylic acids is 1. The van der Waals surface area contributed by atoms with Crippen LogP contribution in [0.5, 0.6) is 0 Å². The van der Waals surface area contributed by atoms with Gasteiger partial charge in [-0.25, -0.2) is 9.36 Å². The number of nitrogens with zero attached hydrogens (tertiary/aromatic N) is 4. The minimum atomic E-state index is -0.683. The standard InChI is InChI=1S/C20H25N5O2/c1-5-6-12-21-19(26)15(4)25-20(27)17-14(3)24(16-10-8-7-9-11-16)23-18(17)13(2)22-25/h7-11,15H,5-6,12H2,1-4H3,(H,21,26). The number of benzene rings is 1. The second-order valence-corrected chi connectivity index (χ2v) is 6.71. The number of aryl methyl sites for hydroxylation is 2. The number of fused-ring (bicyclic) bond motifs is 1. The van der Waals surface area contributed by atoms with Gasteiger partial charge in [-0.15, -0.1) is 0 Å². The molecular weight excluding hydrogens is 342 g/mol. The third kappa shape index (κ3) is 3.49. The second-order valence-electron chi connectivity index (χ2n) is 6.71. The average molecular weight is 367 g/mol. The van der Waals surface area contributed by atoms with E-state index in [4.69, 9.17) is 0 Å². The lowest BCUT2D eigenvalue weighted by atomic mass is 10.2. The Balaban J connectivity index is 2.07. The summed E-state index contributed by atoms with van der Waals surface area (Å²) < 4.78 is 3.01. The van der Waals surface area contributed by atoms with Crippen LogP contribution in [0.2, 0.25) is 0 Å². The van der Waals surface area contributed by atoms with Crippen LogP contribution in [-0.2, 0) is 4.79 Å². The fourth-order valence-electron chi connectivity index (χ4n) is 3.11. The highest BCUT2D eigenvalue weighted by Gasteiger charge is 2.22. The molecule has 1 amide bonds. The molecule has 7 heteroatoms. The molecule has 0 spiro atoms. The molecule has 0 aliphatic heterocycles. The number of para-hydroxylation sites is 1. The smallest absolute Gasteiger partial charge is 0.278 e. The van der Waals surface area contributed by atoms with Crippen LogP contribution in [0.15, 0.2) is 35.1 Å². The van der Waals surface area contributed by atoms with Gasteiger partial charge < -0.3 is 5.32 Å². The fraction of sp³-hybridized carbons (Fsp3) is 0.400. The Kier molecular flexibility index (Phi) is 5.39. The van der Waals surface area contributed by atoms with Crippen molar-refractivity contribution in [3.05, 3.63) is 52.1 Å². The lowest BCUT2D eigenvalue weighted by Crippen LogP contribution is -2.37. The molecule has 27 heavy (non-hydrogen) atoms. The summed E-state index contributed by atoms with van der Waals surface area (Å²) in [5.41, 5.74) is 2.50. The first-order chi connectivity index (χ1) is 13.0. The number of nitrogens with one attached hydrogen (secondary N) is 1. The number of aromatic nitrogens is 4. The van der Waals surface area contributed by atoms with Crippen LogP contribution in [0.3, 0.4) is 0 Å². The molecule has 0 radical (unpaired) electrons. The molecule has 1 atom stereocenters. The highest BCUT2D eigenvalue weighted by atomic mass is 16.2. The van der Waals surface area contributed by atoms with Gasteiger partial charge in [0.2, 0.25) is 5.91 Å². The van der Waals surface area contributed by atoms with Gasteiger partial charge in [0.15, 0.2) is 0 Å². The minimum Gasteiger partial charge on any atom is -0.354 e. The molecule has 3 aromatic rings. The van der Waals surface area contributed by atoms with Crippen LogP contribution < -0.4 is 10.9 Å². The minimum absolute atomic E-state index is 0.204. The van der Waals surface area contributed by atoms with E-state index in [-0.39, 0.29) is 11.5 Å². The molecule has 0 aliphatic carbocycles. The van der Waals surface area contributed by atoms with Crippen LogP contribution in [0.4, 0.5) is 0 Å². The number of carbonyl (C=O) groups is 1. The quantitative estimate of drug-likeness (QED) is 0.679. The van der Waals surface area contributed by atoms with Gasteiger partial charge in [0.1, 0.15) is 11.6 Å². The van der Waals surface area contributed by atoms with Crippen molar-refractivity contribution in [1.29, 1.82) is 0 Å². The van der Waals surface area contributed by atoms with Crippen LogP contribution in [0.1, 0.15) is 44.1 Å². The molecule has 0 aliphatic rings. The van der Waals surface area contributed by atoms with Crippen molar-refractivity contribution in [1.82, 2.24) is 24.9 Å². The molecule has 0 fully saturated rings. The first-order valence-corrected chi connectivity index (χ1v) is 9.27. The number of unbranched alkanes of at least 4 members (excludes halogenated alkanes) is 1. The maximum absolute atomic E-state index is 13.1. The summed E-state index contributed by atoms with van der Waals surface area (Å²) in [5, 5.41) is 12.3. The van der Waals surface area contributed by atoms with Gasteiger partial charge in [0, 0.05) is 6.54 Å². The summed E-state index contributed by atoms with van der Waals surface area (Å²) >= 11 is 0. The molecule has 1 N–H and O–H groups in total. The Labute approximate surface area is 158 Å². The first-order valence-electron chi connectivity index (χ1n) is 9.27. The van der Waals surface area contributed by atoms with E-state index in [0.29, 0.717) is 23.1 Å². The van der Waals surface area contributed by atoms with Crippen LogP contribution in [-0.4, -0.2) is 32.0 Å². The lowest BCUT2D eigenvalue weighted by Gasteiger charge is -2.14. The van der Waals surface area contributed by atoms with E-state index in [1.54, 1.807) is 11.6 Å². The Bertz CT molecular complexity index is 1020. The zero-order chi connectivity index (χ0) is 19.6. The summed E-state index contributed by atoms with van der Waals surface area (Å²) in [7, 11) is 0. The number of amides is 1. The van der Waals surface area contributed by atoms with E-state index in [0.717, 1.165) is 24.2 Å². The van der Waals surface area contributed by atoms with Crippen molar-refractivity contribution in [2.75, 3.05) is 6.54 Å². The van der Waals surface area contributed by atoms with Crippen molar-refractivity contribution >= 4 is 16.8 Å². The molecule has 0 bridgehead atoms. The predicted molar refractivity (Wildman–Crippen MR) is 105 cm³/mol. The zero-order valence-corrected chi connectivity index (χ0v) is 16.2. The molecule has 1 unspecified atom stereocenters. The van der Waals surface area contributed by atoms with E-state index < -0.39 is 6.04 Å². The van der Waals surface area contributed by atoms with Gasteiger partial charge in [0.25, 0.3) is 5.56 Å². The van der Waals surface area contributed by atoms with Gasteiger partial charge in [-0.3, -0.25) is 9.59 Å². The molecular formula is C20H25N5O2. The van der Waals surface area contributed by atoms with E-state index in [9.17, 15) is 9.59 Å². The number of rotatable bonds is 6. The Hall–Kier alpha value is -2.96. The molecule has 3 rings (SSSR count). The summed E-state index contributed by atoms with van der Waals surface area (Å²) in [6.45, 7) is 8.02. The highest BCUT2D eigenvalue weighted by molar-refractivity contribution is 5.84. The van der Waals surface area contributed by atoms with Crippen LogP contribution in [0, 0.1) is 13.8 Å². The van der Waals surface area contributed by atoms with Gasteiger partial charge in [-0.05, 0) is 39.3 Å². The maximum Gasteiger partial charge on any atom is 0.278 e. The van der Waals surface area contributed by atoms with Crippen LogP contribution >= 0.6 is 0 Å². The Morgan fingerprint density at radius 1 is 1.19 bits per heavy atom. The van der Waals surface area contributed by atoms with Crippen molar-refractivity contribution < 1.29 is 4.79 Å². The van der Waals surface area contributed by atoms with Crippen molar-refractivity contribution in [3.63, 3.8) is 0 Å². The number of hydrogen-bond donors (Lipinski definition) is 1. The molecule has 0 saturated heterocycles. The predicted octanol–water partition coefficient (Wildman–Crippen LogP) is 2.68. The van der Waals surface area contributed by atoms with Gasteiger partial charge in [-0.1, -0.05) is 31.5 Å². The normalized spacial score (nSPS) is 12.3. The summed E-state index contributed by atoms with van der Waals surface area (Å²) in [4.78, 5) is 25.5. The van der Waals surface area contributed by atoms with E-state index in [1.165, 1.54) is 4.68 Å². The number of hydrogen-bond acceptors (Lipinski definition) is 4. The van der Waals surface area contributed by atoms with Gasteiger partial charge in [0.05, 0.1) is 22.5 Å². The van der Waals surface area contributed by atoms with E-state index >= 15 is 0 Å². The van der Waals surface area contributed by atoms with Crippen molar-refractivity contribution in [3.8, 4) is 5.69 Å². The largest absolute Gasteiger partial charge is 0.354 e. The summed E-state index contributed by atoms with van der Waals surface area (Å²) in [5.74, 6) is -0.204. The summed E-state index contributed by atoms with van der Waals surface area (Å²) in [6, 6.07) is 8.96. The first kappa shape index (κ1) is 18.8. The highest BCUT2D eigenvalue weighted by Crippen LogP contribution is 2.20. The van der Waals surface area contributed by atoms with Gasteiger partial charge in [-0.2, -0.15) is 10.2 Å². The lowest BCUT2D eigenvalue weighted by molar-refractivity contribution is -0.124. The van der Waals surface area contributed by atoms with E-state index in [1.807, 2.05) is 44.2 Å². The second kappa shape index (κ2) is 7.73. The third-order valence-electron chi connectivity index (χ3n) is 4.72. The Morgan fingerprint density at radius 2 is 1.89 bits per heavy atom. The molecule has 2 aromatic heterocycles. The SMILES string of the molecule is CCCCNC(=O)C(C)n1nc(C)c2nn(-c3ccccc3)c(C)c2c1=O. The third-order valence-corrected chi connectivity index (χ3v) is 4.72. The maximum atomic E-state index is 13.1. The summed E-state index contributed by atoms with van der Waals surface area (Å²) in [6.07, 6.45) is 1.90. The Morgan fingerprint density at radius 3 is 2.56 bits per heavy atom. The topological polar surface area (TPSA) is 81.8 Å². The molecule has 1 aromatic carbocycles. The molecule has 0 saturated carbocycles. The van der Waals surface area contributed by atoms with Gasteiger partial charge >= 0.3 is 0 Å². The van der Waals surface area contributed by atoms with Crippen molar-refractivity contribution in [2.45, 2.75) is 46.6 Å². The molecule has 142 valence electrons. The molecule has 2 heterocycles. The zero-order valence-electron chi connectivity index (χ0n) is 16.2. The fourth-order valence-corrected chi connectivity index (χ4v) is 3.11.